The van der Waals surface area contributed by atoms with Gasteiger partial charge in [-0.05, 0) is 111 Å². The number of nitrogens with zero attached hydrogens (tertiary/aromatic N) is 9. The summed E-state index contributed by atoms with van der Waals surface area (Å²) in [7, 11) is 1.87. The zero-order valence-corrected chi connectivity index (χ0v) is 31.5. The van der Waals surface area contributed by atoms with Crippen molar-refractivity contribution >= 4 is 27.7 Å². The smallest absolute Gasteiger partial charge is 0.337 e. The van der Waals surface area contributed by atoms with Gasteiger partial charge in [-0.15, -0.1) is 0 Å². The monoisotopic (exact) mass is 749 g/mol. The molecule has 10 rings (SSSR count). The normalized spacial score (nSPS) is 16.7. The summed E-state index contributed by atoms with van der Waals surface area (Å²) >= 11 is 0. The van der Waals surface area contributed by atoms with Gasteiger partial charge in [-0.1, -0.05) is 6.07 Å². The number of hydrogen-bond acceptors (Lipinski definition) is 6. The minimum absolute atomic E-state index is 0.175. The van der Waals surface area contributed by atoms with E-state index in [1.165, 1.54) is 5.56 Å². The van der Waals surface area contributed by atoms with E-state index >= 15 is 0 Å². The van der Waals surface area contributed by atoms with Crippen LogP contribution in [0.3, 0.4) is 0 Å². The summed E-state index contributed by atoms with van der Waals surface area (Å²) in [6.45, 7) is 5.85. The maximum atomic E-state index is 14.9. The molecule has 1 saturated heterocycles. The van der Waals surface area contributed by atoms with Gasteiger partial charge in [0.15, 0.2) is 0 Å². The highest BCUT2D eigenvalue weighted by molar-refractivity contribution is 5.99. The van der Waals surface area contributed by atoms with Gasteiger partial charge in [0.1, 0.15) is 28.4 Å². The van der Waals surface area contributed by atoms with Crippen LogP contribution in [-0.2, 0) is 30.4 Å². The minimum Gasteiger partial charge on any atom is -0.381 e. The quantitative estimate of drug-likeness (QED) is 0.188. The fourth-order valence-electron chi connectivity index (χ4n) is 8.86. The Hall–Kier alpha value is -6.26. The summed E-state index contributed by atoms with van der Waals surface area (Å²) in [5, 5.41) is 21.6. The molecular formula is C43H40FN9O3. The molecule has 2 aliphatic heterocycles. The number of rotatable bonds is 6. The van der Waals surface area contributed by atoms with Gasteiger partial charge in [0.2, 0.25) is 0 Å². The number of fused-ring (bicyclic) bond motifs is 3. The predicted octanol–water partition coefficient (Wildman–Crippen LogP) is 6.65. The molecule has 56 heavy (non-hydrogen) atoms. The first-order chi connectivity index (χ1) is 27.1. The third-order valence-corrected chi connectivity index (χ3v) is 12.1. The summed E-state index contributed by atoms with van der Waals surface area (Å²) in [6, 6.07) is 20.1. The number of carbonyl (C=O) groups is 1. The number of amides is 1. The molecule has 1 aliphatic carbocycles. The Kier molecular flexibility index (Phi) is 7.73. The van der Waals surface area contributed by atoms with E-state index in [-0.39, 0.29) is 24.0 Å². The van der Waals surface area contributed by atoms with Crippen LogP contribution < -0.4 is 5.69 Å². The number of aryl methyl sites for hydroxylation is 3. The van der Waals surface area contributed by atoms with Crippen LogP contribution in [0.2, 0.25) is 0 Å². The first kappa shape index (κ1) is 34.2. The van der Waals surface area contributed by atoms with Gasteiger partial charge >= 0.3 is 5.69 Å². The molecule has 0 N–H and O–H groups in total. The van der Waals surface area contributed by atoms with Gasteiger partial charge in [-0.25, -0.2) is 9.18 Å². The molecule has 0 bridgehead atoms. The molecule has 0 atom stereocenters. The fourth-order valence-corrected chi connectivity index (χ4v) is 8.86. The molecule has 0 spiro atoms. The van der Waals surface area contributed by atoms with Crippen molar-refractivity contribution in [1.82, 2.24) is 38.2 Å². The number of imidazole rings is 1. The maximum Gasteiger partial charge on any atom is 0.337 e. The molecular weight excluding hydrogens is 710 g/mol. The summed E-state index contributed by atoms with van der Waals surface area (Å²) in [5.74, 6) is -0.0774. The highest BCUT2D eigenvalue weighted by Crippen LogP contribution is 2.47. The zero-order chi connectivity index (χ0) is 38.5. The van der Waals surface area contributed by atoms with E-state index in [0.29, 0.717) is 77.0 Å². The lowest BCUT2D eigenvalue weighted by molar-refractivity contribution is 0.0694. The average molecular weight is 750 g/mol. The predicted molar refractivity (Wildman–Crippen MR) is 209 cm³/mol. The maximum absolute atomic E-state index is 14.9. The van der Waals surface area contributed by atoms with Crippen LogP contribution in [0.4, 0.5) is 4.39 Å². The molecule has 6 heterocycles. The van der Waals surface area contributed by atoms with Gasteiger partial charge in [0.05, 0.1) is 47.8 Å². The average Bonchev–Trinajstić information content (AvgIpc) is 3.45. The zero-order valence-electron chi connectivity index (χ0n) is 31.5. The summed E-state index contributed by atoms with van der Waals surface area (Å²) in [6.07, 6.45) is 8.48. The van der Waals surface area contributed by atoms with Gasteiger partial charge < -0.3 is 14.2 Å². The van der Waals surface area contributed by atoms with E-state index in [4.69, 9.17) is 9.84 Å². The van der Waals surface area contributed by atoms with Crippen molar-refractivity contribution in [2.24, 2.45) is 7.05 Å². The molecule has 13 heteroatoms. The van der Waals surface area contributed by atoms with E-state index in [9.17, 15) is 19.2 Å². The lowest BCUT2D eigenvalue weighted by Gasteiger charge is -2.29. The Bertz CT molecular complexity index is 2830. The second-order valence-electron chi connectivity index (χ2n) is 15.6. The first-order valence-corrected chi connectivity index (χ1v) is 19.2. The lowest BCUT2D eigenvalue weighted by Crippen LogP contribution is -2.40. The van der Waals surface area contributed by atoms with Crippen molar-refractivity contribution in [2.45, 2.75) is 64.1 Å². The number of halogens is 1. The molecule has 2 fully saturated rings. The minimum atomic E-state index is -0.768. The van der Waals surface area contributed by atoms with Gasteiger partial charge in [-0.3, -0.25) is 23.3 Å². The molecule has 0 radical (unpaired) electrons. The molecule has 3 aliphatic rings. The molecule has 4 aromatic heterocycles. The molecule has 0 unspecified atom stereocenters. The Balaban J connectivity index is 1.08. The topological polar surface area (TPSA) is 121 Å². The van der Waals surface area contributed by atoms with E-state index in [2.05, 4.69) is 29.4 Å². The number of nitriles is 1. The lowest BCUT2D eigenvalue weighted by atomic mass is 9.91. The van der Waals surface area contributed by atoms with Crippen molar-refractivity contribution in [2.75, 3.05) is 19.8 Å². The SMILES string of the molecule is Cc1cc(-c2nn3c(c2-n2ccn(-c4ccc5c(cnn5C)c4)c2=O)CN(C(=O)c2cc4cc(C5CCOCC5)ccc4n2C2(C#N)CC2)CC3)cc(C)c1F. The van der Waals surface area contributed by atoms with Crippen LogP contribution in [0.1, 0.15) is 64.5 Å². The summed E-state index contributed by atoms with van der Waals surface area (Å²) in [4.78, 5) is 31.0. The summed E-state index contributed by atoms with van der Waals surface area (Å²) < 4.78 is 29.3. The van der Waals surface area contributed by atoms with Crippen LogP contribution >= 0.6 is 0 Å². The summed E-state index contributed by atoms with van der Waals surface area (Å²) in [5.41, 5.74) is 6.52. The Labute approximate surface area is 321 Å². The molecule has 1 amide bonds. The number of hydrogen-bond donors (Lipinski definition) is 0. The largest absolute Gasteiger partial charge is 0.381 e. The Morgan fingerprint density at radius 2 is 1.70 bits per heavy atom. The van der Waals surface area contributed by atoms with Crippen molar-refractivity contribution in [3.63, 3.8) is 0 Å². The van der Waals surface area contributed by atoms with Crippen LogP contribution in [0.5, 0.6) is 0 Å². The fraction of sp³-hybridized carbons (Fsp3) is 0.326. The van der Waals surface area contributed by atoms with E-state index in [1.807, 2.05) is 40.6 Å². The molecule has 7 aromatic rings. The molecule has 3 aromatic carbocycles. The standard InChI is InChI=1S/C43H40FN9O3/c1-26-18-31(19-27(2)38(26)44)39-40(51-14-13-50(42(51)55)33-5-7-34-32(21-33)23-46-48(34)3)37-24-49(12-15-52(37)47-39)41(54)36-22-30-20-29(28-8-16-56-17-9-28)4-6-35(30)53(36)43(25-45)10-11-43/h4-7,13-14,18-23,28H,8-12,15-17,24H2,1-3H3. The van der Waals surface area contributed by atoms with Crippen molar-refractivity contribution in [3.8, 4) is 28.7 Å². The molecule has 1 saturated carbocycles. The highest BCUT2D eigenvalue weighted by atomic mass is 19.1. The van der Waals surface area contributed by atoms with E-state index in [1.54, 1.807) is 63.3 Å². The van der Waals surface area contributed by atoms with Gasteiger partial charge in [-0.2, -0.15) is 15.5 Å². The number of ether oxygens (including phenoxy) is 1. The second-order valence-corrected chi connectivity index (χ2v) is 15.6. The van der Waals surface area contributed by atoms with Crippen molar-refractivity contribution < 1.29 is 13.9 Å². The Morgan fingerprint density at radius 3 is 2.45 bits per heavy atom. The van der Waals surface area contributed by atoms with Crippen molar-refractivity contribution in [3.05, 3.63) is 118 Å². The van der Waals surface area contributed by atoms with Crippen LogP contribution in [0, 0.1) is 31.0 Å². The third kappa shape index (κ3) is 5.27. The number of aromatic nitrogens is 7. The first-order valence-electron chi connectivity index (χ1n) is 19.2. The van der Waals surface area contributed by atoms with E-state index in [0.717, 1.165) is 47.9 Å². The van der Waals surface area contributed by atoms with Gasteiger partial charge in [0, 0.05) is 55.5 Å². The van der Waals surface area contributed by atoms with Gasteiger partial charge in [0.25, 0.3) is 5.91 Å². The van der Waals surface area contributed by atoms with Crippen molar-refractivity contribution in [1.29, 1.82) is 5.26 Å². The third-order valence-electron chi connectivity index (χ3n) is 12.1. The van der Waals surface area contributed by atoms with Crippen LogP contribution in [-0.4, -0.2) is 63.8 Å². The second kappa shape index (κ2) is 12.6. The van der Waals surface area contributed by atoms with Crippen LogP contribution in [0.15, 0.2) is 78.0 Å². The van der Waals surface area contributed by atoms with Crippen LogP contribution in [0.25, 0.3) is 44.4 Å². The molecule has 282 valence electrons. The highest BCUT2D eigenvalue weighted by Gasteiger charge is 2.48. The Morgan fingerprint density at radius 1 is 0.946 bits per heavy atom. The molecule has 12 nitrogen and oxygen atoms in total. The van der Waals surface area contributed by atoms with E-state index < -0.39 is 5.54 Å². The number of carbonyl (C=O) groups excluding carboxylic acids is 1. The number of benzene rings is 3.